The molecule has 16 heavy (non-hydrogen) atoms. The van der Waals surface area contributed by atoms with Crippen molar-refractivity contribution in [3.05, 3.63) is 23.3 Å². The van der Waals surface area contributed by atoms with Crippen LogP contribution in [0.4, 0.5) is 0 Å². The van der Waals surface area contributed by atoms with Crippen LogP contribution in [-0.4, -0.2) is 26.3 Å². The van der Waals surface area contributed by atoms with Crippen molar-refractivity contribution in [1.29, 1.82) is 0 Å². The van der Waals surface area contributed by atoms with E-state index in [9.17, 15) is 9.59 Å². The zero-order chi connectivity index (χ0) is 12.1. The number of carbonyl (C=O) groups is 2. The second kappa shape index (κ2) is 5.30. The van der Waals surface area contributed by atoms with E-state index in [4.69, 9.17) is 9.47 Å². The van der Waals surface area contributed by atoms with Gasteiger partial charge in [0.15, 0.2) is 11.5 Å². The Morgan fingerprint density at radius 2 is 2.00 bits per heavy atom. The molecule has 0 spiro atoms. The summed E-state index contributed by atoms with van der Waals surface area (Å²) in [6.07, 6.45) is 0.870. The van der Waals surface area contributed by atoms with Crippen molar-refractivity contribution in [3.63, 3.8) is 0 Å². The number of hydrogen-bond acceptors (Lipinski definition) is 4. The Balaban J connectivity index is 3.35. The minimum absolute atomic E-state index is 0.0327. The first-order valence-electron chi connectivity index (χ1n) is 4.82. The molecule has 1 aromatic rings. The zero-order valence-corrected chi connectivity index (χ0v) is 9.57. The predicted molar refractivity (Wildman–Crippen MR) is 59.3 cm³/mol. The van der Waals surface area contributed by atoms with Gasteiger partial charge in [0.05, 0.1) is 14.2 Å². The quantitative estimate of drug-likeness (QED) is 0.711. The minimum atomic E-state index is -0.0327. The van der Waals surface area contributed by atoms with Crippen LogP contribution in [0.2, 0.25) is 0 Å². The van der Waals surface area contributed by atoms with Crippen molar-refractivity contribution < 1.29 is 19.1 Å². The number of ketones is 1. The monoisotopic (exact) mass is 222 g/mol. The Morgan fingerprint density at radius 3 is 2.44 bits per heavy atom. The van der Waals surface area contributed by atoms with Gasteiger partial charge >= 0.3 is 0 Å². The van der Waals surface area contributed by atoms with E-state index in [1.165, 1.54) is 21.1 Å². The lowest BCUT2D eigenvalue weighted by atomic mass is 10.0. The summed E-state index contributed by atoms with van der Waals surface area (Å²) >= 11 is 0. The summed E-state index contributed by atoms with van der Waals surface area (Å²) in [4.78, 5) is 22.0. The maximum atomic E-state index is 11.1. The fraction of sp³-hybridized carbons (Fsp3) is 0.333. The number of carbonyl (C=O) groups excluding carboxylic acids is 2. The normalized spacial score (nSPS) is 9.69. The third-order valence-corrected chi connectivity index (χ3v) is 2.24. The summed E-state index contributed by atoms with van der Waals surface area (Å²) in [7, 11) is 2.99. The van der Waals surface area contributed by atoms with Gasteiger partial charge in [-0.3, -0.25) is 9.59 Å². The molecule has 0 saturated heterocycles. The van der Waals surface area contributed by atoms with Gasteiger partial charge < -0.3 is 9.47 Å². The lowest BCUT2D eigenvalue weighted by Crippen LogP contribution is -2.05. The van der Waals surface area contributed by atoms with E-state index in [0.29, 0.717) is 28.9 Å². The molecule has 1 aromatic carbocycles. The van der Waals surface area contributed by atoms with E-state index in [0.717, 1.165) is 0 Å². The highest BCUT2D eigenvalue weighted by molar-refractivity contribution is 5.86. The van der Waals surface area contributed by atoms with Gasteiger partial charge in [-0.2, -0.15) is 0 Å². The maximum Gasteiger partial charge on any atom is 0.165 e. The molecule has 1 rings (SSSR count). The van der Waals surface area contributed by atoms with Crippen LogP contribution in [0.1, 0.15) is 22.8 Å². The molecule has 4 nitrogen and oxygen atoms in total. The molecule has 0 amide bonds. The molecule has 0 N–H and O–H groups in total. The average molecular weight is 222 g/mol. The smallest absolute Gasteiger partial charge is 0.165 e. The third-order valence-electron chi connectivity index (χ3n) is 2.24. The fourth-order valence-electron chi connectivity index (χ4n) is 1.55. The zero-order valence-electron chi connectivity index (χ0n) is 9.57. The van der Waals surface area contributed by atoms with E-state index in [-0.39, 0.29) is 12.2 Å². The molecule has 0 saturated carbocycles. The van der Waals surface area contributed by atoms with Gasteiger partial charge in [0.2, 0.25) is 0 Å². The molecule has 0 aliphatic rings. The number of benzene rings is 1. The van der Waals surface area contributed by atoms with Gasteiger partial charge in [-0.25, -0.2) is 0 Å². The lowest BCUT2D eigenvalue weighted by molar-refractivity contribution is -0.116. The van der Waals surface area contributed by atoms with Crippen LogP contribution in [0.5, 0.6) is 11.5 Å². The predicted octanol–water partition coefficient (Wildman–Crippen LogP) is 1.65. The van der Waals surface area contributed by atoms with Gasteiger partial charge in [0.25, 0.3) is 0 Å². The standard InChI is InChI=1S/C12H14O4/c1-8(14)6-10-9(7-13)4-5-11(15-2)12(10)16-3/h4-5,7H,6H2,1-3H3. The topological polar surface area (TPSA) is 52.6 Å². The molecule has 0 heterocycles. The van der Waals surface area contributed by atoms with Gasteiger partial charge in [-0.05, 0) is 19.1 Å². The summed E-state index contributed by atoms with van der Waals surface area (Å²) in [5.41, 5.74) is 1.03. The second-order valence-corrected chi connectivity index (χ2v) is 3.37. The van der Waals surface area contributed by atoms with Crippen LogP contribution in [0.3, 0.4) is 0 Å². The van der Waals surface area contributed by atoms with Crippen LogP contribution in [-0.2, 0) is 11.2 Å². The van der Waals surface area contributed by atoms with Crippen molar-refractivity contribution >= 4 is 12.1 Å². The van der Waals surface area contributed by atoms with E-state index in [1.54, 1.807) is 12.1 Å². The number of aldehydes is 1. The number of ether oxygens (including phenoxy) is 2. The van der Waals surface area contributed by atoms with Crippen molar-refractivity contribution in [3.8, 4) is 11.5 Å². The highest BCUT2D eigenvalue weighted by Crippen LogP contribution is 2.33. The molecular formula is C12H14O4. The lowest BCUT2D eigenvalue weighted by Gasteiger charge is -2.13. The van der Waals surface area contributed by atoms with Gasteiger partial charge in [0.1, 0.15) is 12.1 Å². The second-order valence-electron chi connectivity index (χ2n) is 3.37. The third kappa shape index (κ3) is 2.39. The van der Waals surface area contributed by atoms with E-state index in [1.807, 2.05) is 0 Å². The minimum Gasteiger partial charge on any atom is -0.493 e. The molecular weight excluding hydrogens is 208 g/mol. The Hall–Kier alpha value is -1.84. The molecule has 0 bridgehead atoms. The molecule has 0 aliphatic carbocycles. The van der Waals surface area contributed by atoms with Gasteiger partial charge in [-0.1, -0.05) is 0 Å². The van der Waals surface area contributed by atoms with Gasteiger partial charge in [0, 0.05) is 17.5 Å². The summed E-state index contributed by atoms with van der Waals surface area (Å²) in [6, 6.07) is 3.26. The SMILES string of the molecule is COc1ccc(C=O)c(CC(C)=O)c1OC. The molecule has 4 heteroatoms. The van der Waals surface area contributed by atoms with E-state index in [2.05, 4.69) is 0 Å². The number of methoxy groups -OCH3 is 2. The van der Waals surface area contributed by atoms with E-state index < -0.39 is 0 Å². The first-order valence-corrected chi connectivity index (χ1v) is 4.82. The molecule has 0 fully saturated rings. The van der Waals surface area contributed by atoms with Crippen LogP contribution in [0.25, 0.3) is 0 Å². The highest BCUT2D eigenvalue weighted by Gasteiger charge is 2.15. The van der Waals surface area contributed by atoms with Crippen LogP contribution >= 0.6 is 0 Å². The molecule has 86 valence electrons. The summed E-state index contributed by atoms with van der Waals surface area (Å²) in [6.45, 7) is 1.47. The molecule has 0 aromatic heterocycles. The van der Waals surface area contributed by atoms with Crippen molar-refractivity contribution in [2.45, 2.75) is 13.3 Å². The summed E-state index contributed by atoms with van der Waals surface area (Å²) in [5, 5.41) is 0. The highest BCUT2D eigenvalue weighted by atomic mass is 16.5. The van der Waals surface area contributed by atoms with Gasteiger partial charge in [-0.15, -0.1) is 0 Å². The Morgan fingerprint density at radius 1 is 1.31 bits per heavy atom. The van der Waals surface area contributed by atoms with Crippen molar-refractivity contribution in [2.75, 3.05) is 14.2 Å². The van der Waals surface area contributed by atoms with Crippen molar-refractivity contribution in [1.82, 2.24) is 0 Å². The number of Topliss-reactive ketones (excluding diaryl/α,β-unsaturated/α-hetero) is 1. The Labute approximate surface area is 94.2 Å². The summed E-state index contributed by atoms with van der Waals surface area (Å²) in [5.74, 6) is 0.932. The average Bonchev–Trinajstić information content (AvgIpc) is 2.27. The molecule has 0 unspecified atom stereocenters. The maximum absolute atomic E-state index is 11.1. The molecule has 0 aliphatic heterocycles. The van der Waals surface area contributed by atoms with Crippen LogP contribution in [0.15, 0.2) is 12.1 Å². The molecule has 0 atom stereocenters. The Bertz CT molecular complexity index is 410. The molecule has 0 radical (unpaired) electrons. The first kappa shape index (κ1) is 12.2. The van der Waals surface area contributed by atoms with Crippen LogP contribution < -0.4 is 9.47 Å². The van der Waals surface area contributed by atoms with E-state index >= 15 is 0 Å². The number of rotatable bonds is 5. The first-order chi connectivity index (χ1) is 7.63. The van der Waals surface area contributed by atoms with Crippen LogP contribution in [0, 0.1) is 0 Å². The number of hydrogen-bond donors (Lipinski definition) is 0. The Kier molecular flexibility index (Phi) is 4.05. The fourth-order valence-corrected chi connectivity index (χ4v) is 1.55. The summed E-state index contributed by atoms with van der Waals surface area (Å²) < 4.78 is 10.3. The largest absolute Gasteiger partial charge is 0.493 e. The van der Waals surface area contributed by atoms with Crippen molar-refractivity contribution in [2.24, 2.45) is 0 Å².